The third-order valence-electron chi connectivity index (χ3n) is 3.52. The number of H-pyrrole nitrogens is 1. The highest BCUT2D eigenvalue weighted by molar-refractivity contribution is 7.98. The van der Waals surface area contributed by atoms with Crippen molar-refractivity contribution in [1.82, 2.24) is 24.6 Å². The van der Waals surface area contributed by atoms with Crippen LogP contribution in [-0.4, -0.2) is 24.6 Å². The molecule has 4 aromatic rings. The number of rotatable bonds is 4. The van der Waals surface area contributed by atoms with Crippen LogP contribution in [0.25, 0.3) is 15.5 Å². The van der Waals surface area contributed by atoms with Crippen molar-refractivity contribution in [1.29, 1.82) is 0 Å². The van der Waals surface area contributed by atoms with E-state index >= 15 is 0 Å². The van der Waals surface area contributed by atoms with Crippen molar-refractivity contribution < 1.29 is 0 Å². The lowest BCUT2D eigenvalue weighted by Crippen LogP contribution is -2.15. The second-order valence-corrected chi connectivity index (χ2v) is 7.45. The summed E-state index contributed by atoms with van der Waals surface area (Å²) in [5.74, 6) is 0.427. The summed E-state index contributed by atoms with van der Waals surface area (Å²) in [6.45, 7) is 1.76. The molecule has 0 aliphatic carbocycles. The Balaban J connectivity index is 1.64. The number of aromatic nitrogens is 5. The summed E-state index contributed by atoms with van der Waals surface area (Å²) in [6, 6.07) is 12.6. The van der Waals surface area contributed by atoms with Gasteiger partial charge in [-0.3, -0.25) is 9.59 Å². The van der Waals surface area contributed by atoms with Gasteiger partial charge in [-0.15, -0.1) is 0 Å². The number of aryl methyl sites for hydroxylation is 1. The van der Waals surface area contributed by atoms with Crippen LogP contribution in [0.4, 0.5) is 0 Å². The molecule has 0 radical (unpaired) electrons. The number of thioether (sulfide) groups is 1. The van der Waals surface area contributed by atoms with Crippen LogP contribution in [0.5, 0.6) is 0 Å². The maximum absolute atomic E-state index is 12.3. The molecular formula is C17H13N5O2S2. The molecule has 0 saturated heterocycles. The molecule has 0 atom stereocenters. The van der Waals surface area contributed by atoms with Crippen LogP contribution in [0.15, 0.2) is 57.2 Å². The average molecular weight is 383 g/mol. The van der Waals surface area contributed by atoms with Gasteiger partial charge in [-0.1, -0.05) is 53.4 Å². The second-order valence-electron chi connectivity index (χ2n) is 5.53. The normalized spacial score (nSPS) is 11.1. The predicted octanol–water partition coefficient (Wildman–Crippen LogP) is 2.50. The highest BCUT2D eigenvalue weighted by Crippen LogP contribution is 2.24. The van der Waals surface area contributed by atoms with Crippen LogP contribution in [0.1, 0.15) is 11.4 Å². The molecule has 9 heteroatoms. The molecule has 0 saturated carbocycles. The van der Waals surface area contributed by atoms with E-state index in [0.717, 1.165) is 10.6 Å². The maximum Gasteiger partial charge on any atom is 0.275 e. The Morgan fingerprint density at radius 2 is 1.96 bits per heavy atom. The van der Waals surface area contributed by atoms with Crippen LogP contribution in [-0.2, 0) is 5.75 Å². The Bertz CT molecular complexity index is 1200. The molecule has 0 amide bonds. The van der Waals surface area contributed by atoms with Crippen molar-refractivity contribution in [2.24, 2.45) is 0 Å². The molecule has 0 bridgehead atoms. The summed E-state index contributed by atoms with van der Waals surface area (Å²) < 4.78 is 1.31. The SMILES string of the molecule is Cc1cc(=O)[nH]c(SCc2cc(=O)n3nc(-c4ccccc4)sc3n2)n1. The van der Waals surface area contributed by atoms with E-state index in [9.17, 15) is 9.59 Å². The number of aromatic amines is 1. The van der Waals surface area contributed by atoms with E-state index in [-0.39, 0.29) is 11.1 Å². The standard InChI is InChI=1S/C17H13N5O2S2/c1-10-7-13(23)20-16(18-10)25-9-12-8-14(24)22-17(19-12)26-15(21-22)11-5-3-2-4-6-11/h2-8H,9H2,1H3,(H,18,20,23). The molecule has 26 heavy (non-hydrogen) atoms. The number of nitrogens with one attached hydrogen (secondary N) is 1. The van der Waals surface area contributed by atoms with E-state index in [0.29, 0.717) is 27.3 Å². The van der Waals surface area contributed by atoms with Crippen molar-refractivity contribution in [2.45, 2.75) is 17.8 Å². The Labute approximate surface area is 155 Å². The largest absolute Gasteiger partial charge is 0.301 e. The zero-order chi connectivity index (χ0) is 18.1. The third-order valence-corrected chi connectivity index (χ3v) is 5.39. The van der Waals surface area contributed by atoms with Gasteiger partial charge in [0.25, 0.3) is 11.1 Å². The highest BCUT2D eigenvalue weighted by atomic mass is 32.2. The molecule has 130 valence electrons. The van der Waals surface area contributed by atoms with Crippen molar-refractivity contribution in [2.75, 3.05) is 0 Å². The lowest BCUT2D eigenvalue weighted by Gasteiger charge is -2.01. The first-order chi connectivity index (χ1) is 12.6. The molecule has 3 aromatic heterocycles. The first-order valence-electron chi connectivity index (χ1n) is 7.74. The first-order valence-corrected chi connectivity index (χ1v) is 9.55. The molecule has 3 heterocycles. The summed E-state index contributed by atoms with van der Waals surface area (Å²) in [4.78, 5) is 35.8. The minimum Gasteiger partial charge on any atom is -0.301 e. The summed E-state index contributed by atoms with van der Waals surface area (Å²) >= 11 is 2.69. The molecule has 0 spiro atoms. The number of hydrogen-bond acceptors (Lipinski definition) is 7. The predicted molar refractivity (Wildman–Crippen MR) is 102 cm³/mol. The fourth-order valence-electron chi connectivity index (χ4n) is 2.39. The van der Waals surface area contributed by atoms with Gasteiger partial charge < -0.3 is 4.98 Å². The second kappa shape index (κ2) is 6.85. The zero-order valence-corrected chi connectivity index (χ0v) is 15.3. The third kappa shape index (κ3) is 3.44. The summed E-state index contributed by atoms with van der Waals surface area (Å²) in [6.07, 6.45) is 0. The minimum atomic E-state index is -0.227. The van der Waals surface area contributed by atoms with Gasteiger partial charge in [0.05, 0.1) is 5.69 Å². The van der Waals surface area contributed by atoms with E-state index < -0.39 is 0 Å². The highest BCUT2D eigenvalue weighted by Gasteiger charge is 2.11. The Kier molecular flexibility index (Phi) is 4.39. The molecular weight excluding hydrogens is 370 g/mol. The molecule has 1 N–H and O–H groups in total. The van der Waals surface area contributed by atoms with Gasteiger partial charge in [-0.25, -0.2) is 9.97 Å². The van der Waals surface area contributed by atoms with Crippen LogP contribution < -0.4 is 11.1 Å². The quantitative estimate of drug-likeness (QED) is 0.430. The van der Waals surface area contributed by atoms with E-state index in [2.05, 4.69) is 20.1 Å². The van der Waals surface area contributed by atoms with Crippen LogP contribution in [0.2, 0.25) is 0 Å². The van der Waals surface area contributed by atoms with Crippen molar-refractivity contribution in [3.05, 3.63) is 74.6 Å². The van der Waals surface area contributed by atoms with Crippen LogP contribution in [0.3, 0.4) is 0 Å². The maximum atomic E-state index is 12.3. The van der Waals surface area contributed by atoms with Crippen molar-refractivity contribution in [3.63, 3.8) is 0 Å². The molecule has 4 rings (SSSR count). The van der Waals surface area contributed by atoms with Gasteiger partial charge in [0.1, 0.15) is 5.01 Å². The number of benzene rings is 1. The lowest BCUT2D eigenvalue weighted by atomic mass is 10.2. The Morgan fingerprint density at radius 3 is 2.73 bits per heavy atom. The van der Waals surface area contributed by atoms with E-state index in [1.54, 1.807) is 6.92 Å². The molecule has 0 aliphatic heterocycles. The Morgan fingerprint density at radius 1 is 1.15 bits per heavy atom. The number of nitrogens with zero attached hydrogens (tertiary/aromatic N) is 4. The van der Waals surface area contributed by atoms with Gasteiger partial charge in [0.15, 0.2) is 5.16 Å². The van der Waals surface area contributed by atoms with Gasteiger partial charge in [0, 0.05) is 29.1 Å². The zero-order valence-electron chi connectivity index (χ0n) is 13.7. The minimum absolute atomic E-state index is 0.196. The summed E-state index contributed by atoms with van der Waals surface area (Å²) in [5, 5.41) is 5.60. The smallest absolute Gasteiger partial charge is 0.275 e. The fraction of sp³-hybridized carbons (Fsp3) is 0.118. The summed E-state index contributed by atoms with van der Waals surface area (Å²) in [5.41, 5.74) is 1.79. The first kappa shape index (κ1) is 16.7. The van der Waals surface area contributed by atoms with E-state index in [1.165, 1.54) is 39.7 Å². The van der Waals surface area contributed by atoms with Crippen molar-refractivity contribution in [3.8, 4) is 10.6 Å². The van der Waals surface area contributed by atoms with Gasteiger partial charge in [0.2, 0.25) is 4.96 Å². The topological polar surface area (TPSA) is 93.0 Å². The molecule has 0 aliphatic rings. The van der Waals surface area contributed by atoms with Crippen LogP contribution >= 0.6 is 23.1 Å². The van der Waals surface area contributed by atoms with E-state index in [4.69, 9.17) is 0 Å². The van der Waals surface area contributed by atoms with Gasteiger partial charge in [-0.2, -0.15) is 9.61 Å². The number of hydrogen-bond donors (Lipinski definition) is 1. The summed E-state index contributed by atoms with van der Waals surface area (Å²) in [7, 11) is 0. The number of fused-ring (bicyclic) bond motifs is 1. The van der Waals surface area contributed by atoms with Crippen molar-refractivity contribution >= 4 is 28.1 Å². The monoisotopic (exact) mass is 383 g/mol. The average Bonchev–Trinajstić information content (AvgIpc) is 3.05. The molecule has 0 unspecified atom stereocenters. The van der Waals surface area contributed by atoms with Gasteiger partial charge >= 0.3 is 0 Å². The Hall–Kier alpha value is -2.78. The lowest BCUT2D eigenvalue weighted by molar-refractivity contribution is 0.887. The molecule has 0 fully saturated rings. The van der Waals surface area contributed by atoms with Gasteiger partial charge in [-0.05, 0) is 6.92 Å². The molecule has 1 aromatic carbocycles. The molecule has 7 nitrogen and oxygen atoms in total. The fourth-order valence-corrected chi connectivity index (χ4v) is 4.13. The van der Waals surface area contributed by atoms with Crippen LogP contribution in [0, 0.1) is 6.92 Å². The van der Waals surface area contributed by atoms with E-state index in [1.807, 2.05) is 30.3 Å².